The maximum Gasteiger partial charge on any atom is 0.216 e. The molecule has 86 valence electrons. The number of phenols is 1. The molecule has 0 radical (unpaired) electrons. The Hall–Kier alpha value is -1.55. The molecule has 1 aliphatic heterocycles. The van der Waals surface area contributed by atoms with Gasteiger partial charge in [0.05, 0.1) is 6.54 Å². The first-order chi connectivity index (χ1) is 7.79. The molecule has 0 spiro atoms. The van der Waals surface area contributed by atoms with Crippen LogP contribution in [0.4, 0.5) is 0 Å². The average molecular weight is 220 g/mol. The lowest BCUT2D eigenvalue weighted by atomic mass is 10.2. The van der Waals surface area contributed by atoms with Gasteiger partial charge in [0.15, 0.2) is 0 Å². The highest BCUT2D eigenvalue weighted by atomic mass is 16.5. The molecule has 1 aromatic rings. The van der Waals surface area contributed by atoms with Gasteiger partial charge < -0.3 is 15.6 Å². The van der Waals surface area contributed by atoms with E-state index in [1.54, 1.807) is 24.3 Å². The van der Waals surface area contributed by atoms with Crippen LogP contribution in [0.2, 0.25) is 0 Å². The molecule has 0 saturated carbocycles. The monoisotopic (exact) mass is 220 g/mol. The molecule has 1 aliphatic rings. The number of nitrogens with zero attached hydrogens (tertiary/aromatic N) is 1. The van der Waals surface area contributed by atoms with E-state index in [2.05, 4.69) is 4.99 Å². The highest BCUT2D eigenvalue weighted by Gasteiger charge is 2.20. The summed E-state index contributed by atoms with van der Waals surface area (Å²) in [7, 11) is 0. The Kier molecular flexibility index (Phi) is 3.41. The van der Waals surface area contributed by atoms with Crippen LogP contribution in [-0.4, -0.2) is 30.2 Å². The molecular weight excluding hydrogens is 204 g/mol. The van der Waals surface area contributed by atoms with Gasteiger partial charge in [-0.3, -0.25) is 0 Å². The molecule has 1 aromatic carbocycles. The zero-order chi connectivity index (χ0) is 11.4. The van der Waals surface area contributed by atoms with Gasteiger partial charge in [0.25, 0.3) is 0 Å². The molecule has 0 bridgehead atoms. The van der Waals surface area contributed by atoms with Crippen LogP contribution in [0.15, 0.2) is 29.3 Å². The molecule has 1 atom stereocenters. The number of hydrogen-bond acceptors (Lipinski definition) is 4. The molecule has 0 fully saturated rings. The van der Waals surface area contributed by atoms with Gasteiger partial charge in [0.2, 0.25) is 5.90 Å². The standard InChI is InChI=1S/C12H16N2O2/c13-7-1-2-11-8-14-12(16-11)9-3-5-10(15)6-4-9/h3-6,11,15H,1-2,7-8,13H2. The first-order valence-electron chi connectivity index (χ1n) is 5.50. The molecule has 1 heterocycles. The number of aromatic hydroxyl groups is 1. The van der Waals surface area contributed by atoms with Crippen LogP contribution in [0, 0.1) is 0 Å². The van der Waals surface area contributed by atoms with Gasteiger partial charge in [-0.2, -0.15) is 0 Å². The van der Waals surface area contributed by atoms with Crippen LogP contribution < -0.4 is 5.73 Å². The topological polar surface area (TPSA) is 67.8 Å². The van der Waals surface area contributed by atoms with Crippen molar-refractivity contribution in [1.29, 1.82) is 0 Å². The largest absolute Gasteiger partial charge is 0.508 e. The highest BCUT2D eigenvalue weighted by molar-refractivity contribution is 5.95. The zero-order valence-electron chi connectivity index (χ0n) is 9.10. The number of phenolic OH excluding ortho intramolecular Hbond substituents is 1. The predicted octanol–water partition coefficient (Wildman–Crippen LogP) is 1.28. The van der Waals surface area contributed by atoms with Crippen LogP contribution >= 0.6 is 0 Å². The van der Waals surface area contributed by atoms with Crippen LogP contribution in [-0.2, 0) is 4.74 Å². The smallest absolute Gasteiger partial charge is 0.216 e. The van der Waals surface area contributed by atoms with E-state index in [0.29, 0.717) is 19.0 Å². The molecule has 0 saturated heterocycles. The van der Waals surface area contributed by atoms with Crippen LogP contribution in [0.3, 0.4) is 0 Å². The summed E-state index contributed by atoms with van der Waals surface area (Å²) in [5, 5.41) is 9.17. The number of aliphatic imine (C=N–C) groups is 1. The molecule has 0 aliphatic carbocycles. The molecule has 1 unspecified atom stereocenters. The normalized spacial score (nSPS) is 19.3. The lowest BCUT2D eigenvalue weighted by Gasteiger charge is -2.10. The van der Waals surface area contributed by atoms with E-state index in [-0.39, 0.29) is 11.9 Å². The van der Waals surface area contributed by atoms with E-state index in [1.807, 2.05) is 0 Å². The van der Waals surface area contributed by atoms with E-state index < -0.39 is 0 Å². The molecule has 4 heteroatoms. The molecule has 4 nitrogen and oxygen atoms in total. The summed E-state index contributed by atoms with van der Waals surface area (Å²) < 4.78 is 5.70. The van der Waals surface area contributed by atoms with Crippen molar-refractivity contribution in [3.63, 3.8) is 0 Å². The Bertz CT molecular complexity index is 373. The molecule has 16 heavy (non-hydrogen) atoms. The minimum Gasteiger partial charge on any atom is -0.508 e. The van der Waals surface area contributed by atoms with Crippen LogP contribution in [0.1, 0.15) is 18.4 Å². The van der Waals surface area contributed by atoms with Gasteiger partial charge in [-0.05, 0) is 43.7 Å². The van der Waals surface area contributed by atoms with E-state index in [1.165, 1.54) is 0 Å². The van der Waals surface area contributed by atoms with Gasteiger partial charge in [-0.15, -0.1) is 0 Å². The predicted molar refractivity (Wildman–Crippen MR) is 62.7 cm³/mol. The maximum absolute atomic E-state index is 9.17. The molecule has 3 N–H and O–H groups in total. The Balaban J connectivity index is 1.95. The fraction of sp³-hybridized carbons (Fsp3) is 0.417. The minimum absolute atomic E-state index is 0.160. The second kappa shape index (κ2) is 4.99. The fourth-order valence-corrected chi connectivity index (χ4v) is 1.68. The Morgan fingerprint density at radius 2 is 2.12 bits per heavy atom. The maximum atomic E-state index is 9.17. The Labute approximate surface area is 94.8 Å². The van der Waals surface area contributed by atoms with Crippen molar-refractivity contribution < 1.29 is 9.84 Å². The SMILES string of the molecule is NCCCC1CN=C(c2ccc(O)cc2)O1. The van der Waals surface area contributed by atoms with Crippen molar-refractivity contribution in [3.05, 3.63) is 29.8 Å². The Morgan fingerprint density at radius 1 is 1.38 bits per heavy atom. The quantitative estimate of drug-likeness (QED) is 0.803. The third-order valence-electron chi connectivity index (χ3n) is 2.56. The number of nitrogens with two attached hydrogens (primary N) is 1. The number of benzene rings is 1. The van der Waals surface area contributed by atoms with Crippen molar-refractivity contribution in [2.75, 3.05) is 13.1 Å². The molecule has 2 rings (SSSR count). The first kappa shape index (κ1) is 11.0. The van der Waals surface area contributed by atoms with Crippen molar-refractivity contribution in [2.45, 2.75) is 18.9 Å². The van der Waals surface area contributed by atoms with E-state index in [0.717, 1.165) is 18.4 Å². The van der Waals surface area contributed by atoms with Gasteiger partial charge in [0.1, 0.15) is 11.9 Å². The highest BCUT2D eigenvalue weighted by Crippen LogP contribution is 2.17. The summed E-state index contributed by atoms with van der Waals surface area (Å²) in [6, 6.07) is 6.88. The molecular formula is C12H16N2O2. The zero-order valence-corrected chi connectivity index (χ0v) is 9.10. The van der Waals surface area contributed by atoms with Gasteiger partial charge >= 0.3 is 0 Å². The summed E-state index contributed by atoms with van der Waals surface area (Å²) in [4.78, 5) is 4.34. The van der Waals surface area contributed by atoms with Gasteiger partial charge in [0, 0.05) is 5.56 Å². The van der Waals surface area contributed by atoms with Crippen LogP contribution in [0.5, 0.6) is 5.75 Å². The van der Waals surface area contributed by atoms with Crippen molar-refractivity contribution >= 4 is 5.90 Å². The number of hydrogen-bond donors (Lipinski definition) is 2. The third kappa shape index (κ3) is 2.52. The minimum atomic E-state index is 0.160. The van der Waals surface area contributed by atoms with Gasteiger partial charge in [-0.25, -0.2) is 4.99 Å². The Morgan fingerprint density at radius 3 is 2.81 bits per heavy atom. The lowest BCUT2D eigenvalue weighted by molar-refractivity contribution is 0.211. The van der Waals surface area contributed by atoms with Crippen molar-refractivity contribution in [2.24, 2.45) is 10.7 Å². The summed E-state index contributed by atoms with van der Waals surface area (Å²) in [5.74, 6) is 0.920. The second-order valence-electron chi connectivity index (χ2n) is 3.86. The summed E-state index contributed by atoms with van der Waals surface area (Å²) in [6.45, 7) is 1.39. The summed E-state index contributed by atoms with van der Waals surface area (Å²) in [5.41, 5.74) is 6.36. The van der Waals surface area contributed by atoms with Gasteiger partial charge in [-0.1, -0.05) is 0 Å². The van der Waals surface area contributed by atoms with Crippen molar-refractivity contribution in [1.82, 2.24) is 0 Å². The molecule has 0 amide bonds. The number of rotatable bonds is 4. The summed E-state index contributed by atoms with van der Waals surface area (Å²) >= 11 is 0. The third-order valence-corrected chi connectivity index (χ3v) is 2.56. The van der Waals surface area contributed by atoms with E-state index >= 15 is 0 Å². The second-order valence-corrected chi connectivity index (χ2v) is 3.86. The average Bonchev–Trinajstić information content (AvgIpc) is 2.76. The fourth-order valence-electron chi connectivity index (χ4n) is 1.68. The van der Waals surface area contributed by atoms with Crippen LogP contribution in [0.25, 0.3) is 0 Å². The summed E-state index contributed by atoms with van der Waals surface area (Å²) in [6.07, 6.45) is 2.07. The van der Waals surface area contributed by atoms with E-state index in [9.17, 15) is 5.11 Å². The van der Waals surface area contributed by atoms with E-state index in [4.69, 9.17) is 10.5 Å². The number of ether oxygens (including phenoxy) is 1. The first-order valence-corrected chi connectivity index (χ1v) is 5.50. The lowest BCUT2D eigenvalue weighted by Crippen LogP contribution is -2.15. The van der Waals surface area contributed by atoms with Crippen molar-refractivity contribution in [3.8, 4) is 5.75 Å². The molecule has 0 aromatic heterocycles.